The van der Waals surface area contributed by atoms with Crippen molar-refractivity contribution >= 4 is 11.8 Å². The molecule has 1 saturated heterocycles. The number of carbonyl (C=O) groups excluding carboxylic acids is 2. The first-order valence-corrected chi connectivity index (χ1v) is 8.95. The Labute approximate surface area is 148 Å². The summed E-state index contributed by atoms with van der Waals surface area (Å²) in [5, 5.41) is 13.1. The molecule has 2 aliphatic rings. The van der Waals surface area contributed by atoms with E-state index in [1.807, 2.05) is 30.0 Å². The van der Waals surface area contributed by atoms with E-state index in [9.17, 15) is 14.7 Å². The normalized spacial score (nSPS) is 28.4. The molecule has 0 spiro atoms. The molecule has 6 nitrogen and oxygen atoms in total. The Morgan fingerprint density at radius 3 is 2.68 bits per heavy atom. The molecule has 1 aliphatic heterocycles. The van der Waals surface area contributed by atoms with Crippen LogP contribution in [0.1, 0.15) is 37.0 Å². The van der Waals surface area contributed by atoms with Crippen LogP contribution >= 0.6 is 0 Å². The Hall–Kier alpha value is -2.08. The van der Waals surface area contributed by atoms with Crippen LogP contribution < -0.4 is 10.1 Å². The zero-order chi connectivity index (χ0) is 18.0. The van der Waals surface area contributed by atoms with E-state index in [-0.39, 0.29) is 17.9 Å². The summed E-state index contributed by atoms with van der Waals surface area (Å²) in [7, 11) is 0. The topological polar surface area (TPSA) is 78.9 Å². The average Bonchev–Trinajstić information content (AvgIpc) is 2.97. The minimum Gasteiger partial charge on any atom is -0.494 e. The highest BCUT2D eigenvalue weighted by Gasteiger charge is 2.43. The van der Waals surface area contributed by atoms with Crippen molar-refractivity contribution in [3.8, 4) is 5.75 Å². The molecule has 25 heavy (non-hydrogen) atoms. The van der Waals surface area contributed by atoms with Crippen molar-refractivity contribution in [2.24, 2.45) is 11.8 Å². The van der Waals surface area contributed by atoms with Crippen LogP contribution in [0.25, 0.3) is 0 Å². The third-order valence-corrected chi connectivity index (χ3v) is 5.21. The summed E-state index contributed by atoms with van der Waals surface area (Å²) in [6, 6.07) is 7.05. The van der Waals surface area contributed by atoms with E-state index in [0.717, 1.165) is 0 Å². The van der Waals surface area contributed by atoms with E-state index >= 15 is 0 Å². The van der Waals surface area contributed by atoms with Gasteiger partial charge in [-0.05, 0) is 49.8 Å². The van der Waals surface area contributed by atoms with Gasteiger partial charge in [-0.3, -0.25) is 9.59 Å². The Kier molecular flexibility index (Phi) is 5.27. The first-order valence-electron chi connectivity index (χ1n) is 8.95. The van der Waals surface area contributed by atoms with Crippen molar-refractivity contribution in [2.45, 2.75) is 38.8 Å². The molecule has 3 rings (SSSR count). The fraction of sp³-hybridized carbons (Fsp3) is 0.579. The van der Waals surface area contributed by atoms with E-state index in [1.54, 1.807) is 6.07 Å². The molecule has 4 atom stereocenters. The molecule has 0 aromatic heterocycles. The van der Waals surface area contributed by atoms with Gasteiger partial charge in [0.25, 0.3) is 5.91 Å². The van der Waals surface area contributed by atoms with Crippen molar-refractivity contribution in [2.75, 3.05) is 19.7 Å². The lowest BCUT2D eigenvalue weighted by molar-refractivity contribution is -0.121. The summed E-state index contributed by atoms with van der Waals surface area (Å²) in [5.74, 6) is 1.19. The number of rotatable bonds is 4. The molecular formula is C19H26N2O4. The van der Waals surface area contributed by atoms with E-state index in [2.05, 4.69) is 5.32 Å². The maximum Gasteiger partial charge on any atom is 0.254 e. The van der Waals surface area contributed by atoms with Crippen LogP contribution in [0.3, 0.4) is 0 Å². The second kappa shape index (κ2) is 7.44. The first kappa shape index (κ1) is 17.7. The molecule has 1 aliphatic carbocycles. The lowest BCUT2D eigenvalue weighted by Crippen LogP contribution is -2.48. The SMILES string of the molecule is CCOc1cccc(C(=O)N2C[C@H]3C[C@@H](NC(C)=O)[C@H](O)C[C@H]3C2)c1. The minimum atomic E-state index is -0.540. The number of hydrogen-bond donors (Lipinski definition) is 2. The molecular weight excluding hydrogens is 320 g/mol. The van der Waals surface area contributed by atoms with Gasteiger partial charge in [0.1, 0.15) is 5.75 Å². The molecule has 1 heterocycles. The smallest absolute Gasteiger partial charge is 0.254 e. The monoisotopic (exact) mass is 346 g/mol. The number of aliphatic hydroxyl groups excluding tert-OH is 1. The Morgan fingerprint density at radius 1 is 1.28 bits per heavy atom. The van der Waals surface area contributed by atoms with E-state index < -0.39 is 6.10 Å². The highest BCUT2D eigenvalue weighted by atomic mass is 16.5. The summed E-state index contributed by atoms with van der Waals surface area (Å²) >= 11 is 0. The van der Waals surface area contributed by atoms with Crippen molar-refractivity contribution < 1.29 is 19.4 Å². The Morgan fingerprint density at radius 2 is 2.00 bits per heavy atom. The standard InChI is InChI=1S/C19H26N2O4/c1-3-25-16-6-4-5-13(7-16)19(24)21-10-14-8-17(20-12(2)22)18(23)9-15(14)11-21/h4-7,14-15,17-18,23H,3,8-11H2,1-2H3,(H,20,22)/t14-,15+,17-,18-/m1/s1. The van der Waals surface area contributed by atoms with Crippen LogP contribution in [-0.4, -0.2) is 53.7 Å². The van der Waals surface area contributed by atoms with Crippen molar-refractivity contribution in [3.05, 3.63) is 29.8 Å². The number of hydrogen-bond acceptors (Lipinski definition) is 4. The zero-order valence-electron chi connectivity index (χ0n) is 14.8. The highest BCUT2D eigenvalue weighted by Crippen LogP contribution is 2.37. The predicted octanol–water partition coefficient (Wildman–Crippen LogP) is 1.43. The van der Waals surface area contributed by atoms with Crippen LogP contribution in [-0.2, 0) is 4.79 Å². The van der Waals surface area contributed by atoms with Gasteiger partial charge in [-0.25, -0.2) is 0 Å². The van der Waals surface area contributed by atoms with Gasteiger partial charge in [0, 0.05) is 25.6 Å². The van der Waals surface area contributed by atoms with Crippen LogP contribution in [0.4, 0.5) is 0 Å². The molecule has 136 valence electrons. The predicted molar refractivity (Wildman–Crippen MR) is 93.3 cm³/mol. The number of likely N-dealkylation sites (tertiary alicyclic amines) is 1. The van der Waals surface area contributed by atoms with Crippen LogP contribution in [0.15, 0.2) is 24.3 Å². The van der Waals surface area contributed by atoms with Crippen molar-refractivity contribution in [1.29, 1.82) is 0 Å². The maximum atomic E-state index is 12.8. The molecule has 0 radical (unpaired) electrons. The number of nitrogens with zero attached hydrogens (tertiary/aromatic N) is 1. The summed E-state index contributed by atoms with van der Waals surface area (Å²) in [4.78, 5) is 26.0. The van der Waals surface area contributed by atoms with Gasteiger partial charge in [0.2, 0.25) is 5.91 Å². The fourth-order valence-electron chi connectivity index (χ4n) is 4.08. The lowest BCUT2D eigenvalue weighted by atomic mass is 9.77. The highest BCUT2D eigenvalue weighted by molar-refractivity contribution is 5.94. The summed E-state index contributed by atoms with van der Waals surface area (Å²) < 4.78 is 5.48. The quantitative estimate of drug-likeness (QED) is 0.864. The molecule has 6 heteroatoms. The van der Waals surface area contributed by atoms with E-state index in [4.69, 9.17) is 4.74 Å². The fourth-order valence-corrected chi connectivity index (χ4v) is 4.08. The van der Waals surface area contributed by atoms with Crippen LogP contribution in [0.5, 0.6) is 5.75 Å². The number of amides is 2. The Bertz CT molecular complexity index is 648. The molecule has 0 bridgehead atoms. The maximum absolute atomic E-state index is 12.8. The number of nitrogens with one attached hydrogen (secondary N) is 1. The number of aliphatic hydroxyl groups is 1. The van der Waals surface area contributed by atoms with E-state index in [0.29, 0.717) is 55.7 Å². The minimum absolute atomic E-state index is 0.00141. The summed E-state index contributed by atoms with van der Waals surface area (Å²) in [6.45, 7) is 5.27. The van der Waals surface area contributed by atoms with Gasteiger partial charge in [-0.2, -0.15) is 0 Å². The third kappa shape index (κ3) is 3.95. The summed E-state index contributed by atoms with van der Waals surface area (Å²) in [5.41, 5.74) is 0.628. The Balaban J connectivity index is 1.67. The molecule has 0 unspecified atom stereocenters. The van der Waals surface area contributed by atoms with E-state index in [1.165, 1.54) is 6.92 Å². The van der Waals surface area contributed by atoms with Gasteiger partial charge in [-0.15, -0.1) is 0 Å². The van der Waals surface area contributed by atoms with Gasteiger partial charge in [-0.1, -0.05) is 6.07 Å². The molecule has 1 aromatic carbocycles. The van der Waals surface area contributed by atoms with Crippen LogP contribution in [0, 0.1) is 11.8 Å². The van der Waals surface area contributed by atoms with Gasteiger partial charge in [0.05, 0.1) is 18.8 Å². The number of benzene rings is 1. The first-order chi connectivity index (χ1) is 12.0. The second-order valence-electron chi connectivity index (χ2n) is 7.04. The largest absolute Gasteiger partial charge is 0.494 e. The number of carbonyl (C=O) groups is 2. The average molecular weight is 346 g/mol. The van der Waals surface area contributed by atoms with Crippen LogP contribution in [0.2, 0.25) is 0 Å². The molecule has 2 N–H and O–H groups in total. The zero-order valence-corrected chi connectivity index (χ0v) is 14.8. The molecule has 2 amide bonds. The van der Waals surface area contributed by atoms with Crippen molar-refractivity contribution in [3.63, 3.8) is 0 Å². The van der Waals surface area contributed by atoms with Crippen molar-refractivity contribution in [1.82, 2.24) is 10.2 Å². The molecule has 1 saturated carbocycles. The molecule has 2 fully saturated rings. The van der Waals surface area contributed by atoms with Gasteiger partial charge in [0.15, 0.2) is 0 Å². The van der Waals surface area contributed by atoms with Gasteiger partial charge >= 0.3 is 0 Å². The lowest BCUT2D eigenvalue weighted by Gasteiger charge is -2.35. The molecule has 1 aromatic rings. The third-order valence-electron chi connectivity index (χ3n) is 5.21. The second-order valence-corrected chi connectivity index (χ2v) is 7.04. The summed E-state index contributed by atoms with van der Waals surface area (Å²) in [6.07, 6.45) is 0.800. The number of fused-ring (bicyclic) bond motifs is 1. The number of ether oxygens (including phenoxy) is 1. The van der Waals surface area contributed by atoms with Gasteiger partial charge < -0.3 is 20.1 Å².